The Morgan fingerprint density at radius 1 is 1.25 bits per heavy atom. The third-order valence-corrected chi connectivity index (χ3v) is 4.94. The van der Waals surface area contributed by atoms with Gasteiger partial charge in [0.25, 0.3) is 0 Å². The molecule has 1 aromatic heterocycles. The van der Waals surface area contributed by atoms with E-state index in [1.54, 1.807) is 4.90 Å². The van der Waals surface area contributed by atoms with Crippen LogP contribution in [0.4, 0.5) is 0 Å². The second-order valence-electron chi connectivity index (χ2n) is 6.62. The predicted molar refractivity (Wildman–Crippen MR) is 105 cm³/mol. The van der Waals surface area contributed by atoms with Crippen LogP contribution in [0.1, 0.15) is 37.3 Å². The Bertz CT molecular complexity index is 988. The summed E-state index contributed by atoms with van der Waals surface area (Å²) in [7, 11) is 0. The van der Waals surface area contributed by atoms with E-state index in [9.17, 15) is 4.79 Å². The summed E-state index contributed by atoms with van der Waals surface area (Å²) in [6.45, 7) is 2.98. The van der Waals surface area contributed by atoms with Gasteiger partial charge in [-0.25, -0.2) is 0 Å². The van der Waals surface area contributed by atoms with Crippen molar-refractivity contribution < 1.29 is 14.1 Å². The average molecular weight is 398 g/mol. The van der Waals surface area contributed by atoms with Crippen LogP contribution < -0.4 is 4.74 Å². The molecule has 1 atom stereocenters. The van der Waals surface area contributed by atoms with Crippen molar-refractivity contribution >= 4 is 17.5 Å². The van der Waals surface area contributed by atoms with Crippen molar-refractivity contribution in [3.8, 4) is 17.1 Å². The van der Waals surface area contributed by atoms with Gasteiger partial charge in [0.15, 0.2) is 0 Å². The van der Waals surface area contributed by atoms with Crippen molar-refractivity contribution in [1.82, 2.24) is 15.0 Å². The Morgan fingerprint density at radius 3 is 2.93 bits per heavy atom. The van der Waals surface area contributed by atoms with Crippen LogP contribution >= 0.6 is 11.6 Å². The number of ether oxygens (including phenoxy) is 1. The summed E-state index contributed by atoms with van der Waals surface area (Å²) in [6.07, 6.45) is 1.11. The number of carbonyl (C=O) groups excluding carboxylic acids is 1. The Morgan fingerprint density at radius 2 is 2.11 bits per heavy atom. The van der Waals surface area contributed by atoms with Crippen molar-refractivity contribution in [1.29, 1.82) is 0 Å². The SMILES string of the molecule is CCOc1cccc(-c2noc(C3CCC(=O)N3Cc3cccc(Cl)c3)n2)c1. The van der Waals surface area contributed by atoms with Crippen LogP contribution in [-0.4, -0.2) is 27.6 Å². The number of hydrogen-bond acceptors (Lipinski definition) is 5. The lowest BCUT2D eigenvalue weighted by Gasteiger charge is -2.22. The van der Waals surface area contributed by atoms with Crippen LogP contribution in [0.3, 0.4) is 0 Å². The maximum absolute atomic E-state index is 12.4. The number of nitrogens with zero attached hydrogens (tertiary/aromatic N) is 3. The monoisotopic (exact) mass is 397 g/mol. The van der Waals surface area contributed by atoms with Crippen LogP contribution in [0.5, 0.6) is 5.75 Å². The van der Waals surface area contributed by atoms with Gasteiger partial charge in [0, 0.05) is 23.6 Å². The molecule has 0 spiro atoms. The lowest BCUT2D eigenvalue weighted by molar-refractivity contribution is -0.129. The molecule has 6 nitrogen and oxygen atoms in total. The molecule has 7 heteroatoms. The molecule has 1 saturated heterocycles. The number of rotatable bonds is 6. The van der Waals surface area contributed by atoms with Gasteiger partial charge >= 0.3 is 0 Å². The Hall–Kier alpha value is -2.86. The minimum Gasteiger partial charge on any atom is -0.494 e. The first-order chi connectivity index (χ1) is 13.6. The van der Waals surface area contributed by atoms with Crippen molar-refractivity contribution in [3.05, 3.63) is 65.0 Å². The quantitative estimate of drug-likeness (QED) is 0.605. The van der Waals surface area contributed by atoms with Crippen LogP contribution in [0, 0.1) is 0 Å². The van der Waals surface area contributed by atoms with Gasteiger partial charge in [0.1, 0.15) is 11.8 Å². The Balaban J connectivity index is 1.56. The smallest absolute Gasteiger partial charge is 0.249 e. The molecule has 3 aromatic rings. The first kappa shape index (κ1) is 18.5. The van der Waals surface area contributed by atoms with E-state index in [-0.39, 0.29) is 11.9 Å². The van der Waals surface area contributed by atoms with Crippen molar-refractivity contribution in [3.63, 3.8) is 0 Å². The molecule has 1 aliphatic heterocycles. The normalized spacial score (nSPS) is 16.6. The lowest BCUT2D eigenvalue weighted by atomic mass is 10.1. The largest absolute Gasteiger partial charge is 0.494 e. The topological polar surface area (TPSA) is 68.5 Å². The molecule has 1 aliphatic rings. The summed E-state index contributed by atoms with van der Waals surface area (Å²) < 4.78 is 11.1. The molecular weight excluding hydrogens is 378 g/mol. The van der Waals surface area contributed by atoms with Crippen LogP contribution in [-0.2, 0) is 11.3 Å². The lowest BCUT2D eigenvalue weighted by Crippen LogP contribution is -2.27. The highest BCUT2D eigenvalue weighted by Gasteiger charge is 2.36. The molecule has 0 saturated carbocycles. The second kappa shape index (κ2) is 8.02. The van der Waals surface area contributed by atoms with Crippen LogP contribution in [0.15, 0.2) is 53.1 Å². The fourth-order valence-electron chi connectivity index (χ4n) is 3.40. The molecule has 0 bridgehead atoms. The fraction of sp³-hybridized carbons (Fsp3) is 0.286. The molecule has 1 fully saturated rings. The number of amides is 1. The van der Waals surface area contributed by atoms with E-state index in [2.05, 4.69) is 10.1 Å². The van der Waals surface area contributed by atoms with Gasteiger partial charge in [-0.2, -0.15) is 4.98 Å². The van der Waals surface area contributed by atoms with Gasteiger partial charge in [0.05, 0.1) is 6.61 Å². The first-order valence-electron chi connectivity index (χ1n) is 9.25. The van der Waals surface area contributed by atoms with Gasteiger partial charge < -0.3 is 14.2 Å². The summed E-state index contributed by atoms with van der Waals surface area (Å²) in [5.74, 6) is 1.76. The summed E-state index contributed by atoms with van der Waals surface area (Å²) in [6, 6.07) is 14.8. The zero-order valence-corrected chi connectivity index (χ0v) is 16.2. The number of hydrogen-bond donors (Lipinski definition) is 0. The molecule has 2 heterocycles. The van der Waals surface area contributed by atoms with E-state index in [1.165, 1.54) is 0 Å². The molecule has 0 radical (unpaired) electrons. The Labute approximate surface area is 168 Å². The molecule has 0 aliphatic carbocycles. The second-order valence-corrected chi connectivity index (χ2v) is 7.06. The summed E-state index contributed by atoms with van der Waals surface area (Å²) in [4.78, 5) is 18.8. The summed E-state index contributed by atoms with van der Waals surface area (Å²) >= 11 is 6.07. The average Bonchev–Trinajstić information content (AvgIpc) is 3.30. The zero-order chi connectivity index (χ0) is 19.5. The molecule has 0 N–H and O–H groups in total. The first-order valence-corrected chi connectivity index (χ1v) is 9.62. The molecule has 1 amide bonds. The maximum atomic E-state index is 12.4. The van der Waals surface area contributed by atoms with E-state index < -0.39 is 0 Å². The number of carbonyl (C=O) groups is 1. The third kappa shape index (κ3) is 3.87. The van der Waals surface area contributed by atoms with E-state index in [1.807, 2.05) is 55.5 Å². The van der Waals surface area contributed by atoms with Crippen LogP contribution in [0.2, 0.25) is 5.02 Å². The molecule has 28 heavy (non-hydrogen) atoms. The van der Waals surface area contributed by atoms with E-state index in [0.29, 0.717) is 42.7 Å². The maximum Gasteiger partial charge on any atom is 0.249 e. The molecule has 4 rings (SSSR count). The predicted octanol–water partition coefficient (Wildman–Crippen LogP) is 4.65. The molecule has 144 valence electrons. The van der Waals surface area contributed by atoms with Crippen molar-refractivity contribution in [2.75, 3.05) is 6.61 Å². The van der Waals surface area contributed by atoms with Crippen molar-refractivity contribution in [2.45, 2.75) is 32.4 Å². The zero-order valence-electron chi connectivity index (χ0n) is 15.5. The van der Waals surface area contributed by atoms with Gasteiger partial charge in [-0.1, -0.05) is 41.0 Å². The minimum atomic E-state index is -0.234. The number of benzene rings is 2. The minimum absolute atomic E-state index is 0.0723. The van der Waals surface area contributed by atoms with E-state index in [0.717, 1.165) is 16.9 Å². The van der Waals surface area contributed by atoms with Crippen LogP contribution in [0.25, 0.3) is 11.4 Å². The van der Waals surface area contributed by atoms with E-state index in [4.69, 9.17) is 20.9 Å². The number of halogens is 1. The van der Waals surface area contributed by atoms with Gasteiger partial charge in [-0.15, -0.1) is 0 Å². The number of aromatic nitrogens is 2. The molecule has 1 unspecified atom stereocenters. The van der Waals surface area contributed by atoms with Gasteiger partial charge in [-0.05, 0) is 43.2 Å². The van der Waals surface area contributed by atoms with Gasteiger partial charge in [0.2, 0.25) is 17.6 Å². The standard InChI is InChI=1S/C21H20ClN3O3/c1-2-27-17-8-4-6-15(12-17)20-23-21(28-24-20)18-9-10-19(26)25(18)13-14-5-3-7-16(22)11-14/h3-8,11-12,18H,2,9-10,13H2,1H3. The highest BCUT2D eigenvalue weighted by molar-refractivity contribution is 6.30. The fourth-order valence-corrected chi connectivity index (χ4v) is 3.61. The van der Waals surface area contributed by atoms with Gasteiger partial charge in [-0.3, -0.25) is 4.79 Å². The summed E-state index contributed by atoms with van der Waals surface area (Å²) in [5.41, 5.74) is 1.78. The third-order valence-electron chi connectivity index (χ3n) is 4.70. The number of likely N-dealkylation sites (tertiary alicyclic amines) is 1. The highest BCUT2D eigenvalue weighted by atomic mass is 35.5. The Kier molecular flexibility index (Phi) is 5.30. The summed E-state index contributed by atoms with van der Waals surface area (Å²) in [5, 5.41) is 4.76. The molecule has 2 aromatic carbocycles. The van der Waals surface area contributed by atoms with E-state index >= 15 is 0 Å². The van der Waals surface area contributed by atoms with Crippen molar-refractivity contribution in [2.24, 2.45) is 0 Å². The molecular formula is C21H20ClN3O3. The highest BCUT2D eigenvalue weighted by Crippen LogP contribution is 2.34.